The van der Waals surface area contributed by atoms with E-state index in [0.29, 0.717) is 0 Å². The Morgan fingerprint density at radius 2 is 1.71 bits per heavy atom. The maximum absolute atomic E-state index is 6.16. The zero-order valence-electron chi connectivity index (χ0n) is 11.2. The van der Waals surface area contributed by atoms with Crippen LogP contribution in [0.1, 0.15) is 44.7 Å². The Morgan fingerprint density at radius 3 is 2.29 bits per heavy atom. The van der Waals surface area contributed by atoms with Gasteiger partial charge in [0.15, 0.2) is 0 Å². The van der Waals surface area contributed by atoms with Gasteiger partial charge in [0.05, 0.1) is 0 Å². The Morgan fingerprint density at radius 1 is 1.06 bits per heavy atom. The van der Waals surface area contributed by atoms with Crippen LogP contribution >= 0.6 is 0 Å². The van der Waals surface area contributed by atoms with Crippen molar-refractivity contribution < 1.29 is 0 Å². The predicted octanol–water partition coefficient (Wildman–Crippen LogP) is 3.20. The van der Waals surface area contributed by atoms with Gasteiger partial charge in [0, 0.05) is 6.04 Å². The van der Waals surface area contributed by atoms with Crippen LogP contribution in [-0.4, -0.2) is 24.5 Å². The van der Waals surface area contributed by atoms with Crippen LogP contribution in [-0.2, 0) is 0 Å². The van der Waals surface area contributed by atoms with Crippen molar-refractivity contribution in [3.8, 4) is 0 Å². The summed E-state index contributed by atoms with van der Waals surface area (Å²) in [6.45, 7) is 7.95. The second-order valence-electron chi connectivity index (χ2n) is 4.54. The first-order chi connectivity index (χ1) is 8.27. The fraction of sp³-hybridized carbons (Fsp3) is 0.600. The average Bonchev–Trinajstić information content (AvgIpc) is 2.40. The van der Waals surface area contributed by atoms with Crippen molar-refractivity contribution in [2.24, 2.45) is 5.73 Å². The molecule has 1 unspecified atom stereocenters. The van der Waals surface area contributed by atoms with E-state index >= 15 is 0 Å². The zero-order valence-corrected chi connectivity index (χ0v) is 11.2. The Hall–Kier alpha value is -0.860. The largest absolute Gasteiger partial charge is 0.324 e. The third-order valence-electron chi connectivity index (χ3n) is 3.36. The number of benzene rings is 1. The topological polar surface area (TPSA) is 29.3 Å². The molecule has 17 heavy (non-hydrogen) atoms. The molecule has 2 N–H and O–H groups in total. The molecule has 0 spiro atoms. The highest BCUT2D eigenvalue weighted by Crippen LogP contribution is 2.16. The lowest BCUT2D eigenvalue weighted by atomic mass is 10.0. The molecule has 0 saturated heterocycles. The van der Waals surface area contributed by atoms with Gasteiger partial charge in [0.25, 0.3) is 0 Å². The number of nitrogens with zero attached hydrogens (tertiary/aromatic N) is 1. The molecular weight excluding hydrogens is 208 g/mol. The van der Waals surface area contributed by atoms with Crippen molar-refractivity contribution >= 4 is 0 Å². The molecule has 0 amide bonds. The molecule has 0 aliphatic rings. The Bertz CT molecular complexity index is 280. The van der Waals surface area contributed by atoms with Crippen molar-refractivity contribution in [1.29, 1.82) is 0 Å². The van der Waals surface area contributed by atoms with Gasteiger partial charge in [0.1, 0.15) is 0 Å². The molecule has 0 aromatic heterocycles. The zero-order chi connectivity index (χ0) is 12.5. The number of rotatable bonds is 8. The van der Waals surface area contributed by atoms with E-state index in [9.17, 15) is 0 Å². The fourth-order valence-corrected chi connectivity index (χ4v) is 2.11. The highest BCUT2D eigenvalue weighted by Gasteiger charge is 2.05. The lowest BCUT2D eigenvalue weighted by Gasteiger charge is -2.18. The van der Waals surface area contributed by atoms with E-state index in [1.54, 1.807) is 0 Å². The highest BCUT2D eigenvalue weighted by molar-refractivity contribution is 5.18. The maximum atomic E-state index is 6.16. The first-order valence-electron chi connectivity index (χ1n) is 6.80. The lowest BCUT2D eigenvalue weighted by Crippen LogP contribution is -2.24. The third kappa shape index (κ3) is 5.33. The van der Waals surface area contributed by atoms with E-state index in [1.165, 1.54) is 24.9 Å². The lowest BCUT2D eigenvalue weighted by molar-refractivity contribution is 0.294. The molecule has 0 aliphatic carbocycles. The van der Waals surface area contributed by atoms with Crippen LogP contribution in [0.4, 0.5) is 0 Å². The van der Waals surface area contributed by atoms with Gasteiger partial charge < -0.3 is 10.6 Å². The molecule has 1 aromatic carbocycles. The summed E-state index contributed by atoms with van der Waals surface area (Å²) in [6.07, 6.45) is 3.56. The Kier molecular flexibility index (Phi) is 6.90. The SMILES string of the molecule is CCN(CC)CCCCC(N)c1ccccc1. The van der Waals surface area contributed by atoms with Gasteiger partial charge in [-0.1, -0.05) is 50.6 Å². The minimum absolute atomic E-state index is 0.202. The molecule has 1 rings (SSSR count). The summed E-state index contributed by atoms with van der Waals surface area (Å²) in [5.74, 6) is 0. The second kappa shape index (κ2) is 8.26. The number of nitrogens with two attached hydrogens (primary N) is 1. The van der Waals surface area contributed by atoms with Crippen LogP contribution in [0.15, 0.2) is 30.3 Å². The normalized spacial score (nSPS) is 12.9. The minimum Gasteiger partial charge on any atom is -0.324 e. The first-order valence-corrected chi connectivity index (χ1v) is 6.80. The molecule has 96 valence electrons. The van der Waals surface area contributed by atoms with E-state index in [0.717, 1.165) is 19.5 Å². The maximum Gasteiger partial charge on any atom is 0.0294 e. The summed E-state index contributed by atoms with van der Waals surface area (Å²) in [7, 11) is 0. The Balaban J connectivity index is 2.19. The van der Waals surface area contributed by atoms with Gasteiger partial charge in [-0.3, -0.25) is 0 Å². The van der Waals surface area contributed by atoms with Crippen molar-refractivity contribution in [2.45, 2.75) is 39.2 Å². The van der Waals surface area contributed by atoms with Gasteiger partial charge in [-0.15, -0.1) is 0 Å². The van der Waals surface area contributed by atoms with Gasteiger partial charge in [-0.2, -0.15) is 0 Å². The van der Waals surface area contributed by atoms with Gasteiger partial charge >= 0.3 is 0 Å². The van der Waals surface area contributed by atoms with Gasteiger partial charge in [-0.05, 0) is 38.0 Å². The van der Waals surface area contributed by atoms with Crippen molar-refractivity contribution in [3.63, 3.8) is 0 Å². The third-order valence-corrected chi connectivity index (χ3v) is 3.36. The van der Waals surface area contributed by atoms with Crippen molar-refractivity contribution in [2.75, 3.05) is 19.6 Å². The van der Waals surface area contributed by atoms with Crippen LogP contribution in [0, 0.1) is 0 Å². The molecule has 0 fully saturated rings. The molecule has 0 saturated carbocycles. The van der Waals surface area contributed by atoms with Crippen LogP contribution in [0.5, 0.6) is 0 Å². The molecule has 0 aliphatic heterocycles. The standard InChI is InChI=1S/C15H26N2/c1-3-17(4-2)13-9-8-12-15(16)14-10-6-5-7-11-14/h5-7,10-11,15H,3-4,8-9,12-13,16H2,1-2H3. The quantitative estimate of drug-likeness (QED) is 0.700. The Labute approximate surface area is 106 Å². The van der Waals surface area contributed by atoms with E-state index in [2.05, 4.69) is 43.0 Å². The summed E-state index contributed by atoms with van der Waals surface area (Å²) >= 11 is 0. The van der Waals surface area contributed by atoms with Crippen LogP contribution in [0.3, 0.4) is 0 Å². The van der Waals surface area contributed by atoms with Crippen LogP contribution < -0.4 is 5.73 Å². The highest BCUT2D eigenvalue weighted by atomic mass is 15.1. The van der Waals surface area contributed by atoms with Crippen molar-refractivity contribution in [3.05, 3.63) is 35.9 Å². The summed E-state index contributed by atoms with van der Waals surface area (Å²) < 4.78 is 0. The van der Waals surface area contributed by atoms with Gasteiger partial charge in [0.2, 0.25) is 0 Å². The second-order valence-corrected chi connectivity index (χ2v) is 4.54. The molecule has 0 radical (unpaired) electrons. The predicted molar refractivity (Wildman–Crippen MR) is 75.0 cm³/mol. The smallest absolute Gasteiger partial charge is 0.0294 e. The number of hydrogen-bond donors (Lipinski definition) is 1. The summed E-state index contributed by atoms with van der Waals surface area (Å²) in [6, 6.07) is 10.6. The molecule has 1 aromatic rings. The minimum atomic E-state index is 0.202. The first kappa shape index (κ1) is 14.2. The molecule has 0 heterocycles. The average molecular weight is 234 g/mol. The summed E-state index contributed by atoms with van der Waals surface area (Å²) in [4.78, 5) is 2.47. The van der Waals surface area contributed by atoms with E-state index in [4.69, 9.17) is 5.73 Å². The molecule has 2 heteroatoms. The van der Waals surface area contributed by atoms with E-state index in [1.807, 2.05) is 6.07 Å². The molecule has 0 bridgehead atoms. The van der Waals surface area contributed by atoms with Crippen LogP contribution in [0.25, 0.3) is 0 Å². The molecule has 2 nitrogen and oxygen atoms in total. The van der Waals surface area contributed by atoms with E-state index < -0.39 is 0 Å². The van der Waals surface area contributed by atoms with E-state index in [-0.39, 0.29) is 6.04 Å². The number of unbranched alkanes of at least 4 members (excludes halogenated alkanes) is 1. The monoisotopic (exact) mass is 234 g/mol. The van der Waals surface area contributed by atoms with Gasteiger partial charge in [-0.25, -0.2) is 0 Å². The van der Waals surface area contributed by atoms with Crippen LogP contribution in [0.2, 0.25) is 0 Å². The summed E-state index contributed by atoms with van der Waals surface area (Å²) in [5.41, 5.74) is 7.42. The molecular formula is C15H26N2. The fourth-order valence-electron chi connectivity index (χ4n) is 2.11. The summed E-state index contributed by atoms with van der Waals surface area (Å²) in [5, 5.41) is 0. The number of hydrogen-bond acceptors (Lipinski definition) is 2. The van der Waals surface area contributed by atoms with Crippen molar-refractivity contribution in [1.82, 2.24) is 4.90 Å². The molecule has 1 atom stereocenters.